The van der Waals surface area contributed by atoms with Crippen molar-refractivity contribution in [3.05, 3.63) is 45.5 Å². The Bertz CT molecular complexity index is 1200. The van der Waals surface area contributed by atoms with Gasteiger partial charge in [-0.15, -0.1) is 0 Å². The van der Waals surface area contributed by atoms with Crippen LogP contribution in [0.15, 0.2) is 12.1 Å². The second-order valence-electron chi connectivity index (χ2n) is 10.3. The molecule has 8 nitrogen and oxygen atoms in total. The van der Waals surface area contributed by atoms with Gasteiger partial charge in [0.2, 0.25) is 5.91 Å². The van der Waals surface area contributed by atoms with Crippen molar-refractivity contribution >= 4 is 29.1 Å². The van der Waals surface area contributed by atoms with Gasteiger partial charge in [0.1, 0.15) is 19.0 Å². The second kappa shape index (κ2) is 10.2. The van der Waals surface area contributed by atoms with Crippen LogP contribution in [0.25, 0.3) is 0 Å². The average Bonchev–Trinajstić information content (AvgIpc) is 3.51. The van der Waals surface area contributed by atoms with E-state index in [9.17, 15) is 23.5 Å². The summed E-state index contributed by atoms with van der Waals surface area (Å²) in [6.07, 6.45) is 2.81. The van der Waals surface area contributed by atoms with Crippen LogP contribution < -0.4 is 4.90 Å². The number of anilines is 1. The van der Waals surface area contributed by atoms with Crippen molar-refractivity contribution in [1.82, 2.24) is 19.6 Å². The summed E-state index contributed by atoms with van der Waals surface area (Å²) in [6.45, 7) is 3.87. The van der Waals surface area contributed by atoms with Crippen LogP contribution in [0.5, 0.6) is 0 Å². The van der Waals surface area contributed by atoms with Crippen LogP contribution in [0.4, 0.5) is 14.5 Å². The summed E-state index contributed by atoms with van der Waals surface area (Å²) in [6, 6.07) is 3.09. The van der Waals surface area contributed by atoms with E-state index in [0.717, 1.165) is 36.2 Å². The molecule has 2 amide bonds. The van der Waals surface area contributed by atoms with Crippen LogP contribution in [0.1, 0.15) is 46.6 Å². The third kappa shape index (κ3) is 4.93. The lowest BCUT2D eigenvalue weighted by Gasteiger charge is -2.37. The van der Waals surface area contributed by atoms with Gasteiger partial charge in [0, 0.05) is 56.2 Å². The van der Waals surface area contributed by atoms with Gasteiger partial charge in [-0.25, -0.2) is 8.78 Å². The fourth-order valence-electron chi connectivity index (χ4n) is 5.63. The van der Waals surface area contributed by atoms with E-state index in [1.807, 2.05) is 0 Å². The van der Waals surface area contributed by atoms with Crippen LogP contribution >= 0.6 is 11.6 Å². The lowest BCUT2D eigenvalue weighted by Crippen LogP contribution is -2.50. The minimum absolute atomic E-state index is 0.0595. The number of hydrogen-bond donors (Lipinski definition) is 1. The van der Waals surface area contributed by atoms with Crippen molar-refractivity contribution in [2.75, 3.05) is 50.8 Å². The van der Waals surface area contributed by atoms with E-state index >= 15 is 0 Å². The van der Waals surface area contributed by atoms with Gasteiger partial charge < -0.3 is 19.8 Å². The highest BCUT2D eigenvalue weighted by Gasteiger charge is 2.37. The van der Waals surface area contributed by atoms with Gasteiger partial charge in [-0.2, -0.15) is 5.10 Å². The highest BCUT2D eigenvalue weighted by molar-refractivity contribution is 6.31. The molecule has 1 aliphatic carbocycles. The van der Waals surface area contributed by atoms with Gasteiger partial charge >= 0.3 is 0 Å². The lowest BCUT2D eigenvalue weighted by molar-refractivity contribution is -0.132. The molecular weight excluding hydrogens is 504 g/mol. The molecule has 0 spiro atoms. The standard InChI is InChI=1S/C26H32ClF2N5O3/c1-17-20(6-5-19(29)23(17)27)31-11-13-32(14-12-31)22(35)15-34-21-4-2-3-18(21)24(30-34)25(36)33-9-7-26(37,16-28)8-10-33/h5-6,37H,2-4,7-16H2,1H3. The molecule has 37 heavy (non-hydrogen) atoms. The van der Waals surface area contributed by atoms with E-state index in [4.69, 9.17) is 11.6 Å². The largest absolute Gasteiger partial charge is 0.387 e. The number of carbonyl (C=O) groups excluding carboxylic acids is 2. The first-order valence-corrected chi connectivity index (χ1v) is 13.2. The topological polar surface area (TPSA) is 81.9 Å². The van der Waals surface area contributed by atoms with Crippen LogP contribution in [0.2, 0.25) is 5.02 Å². The Morgan fingerprint density at radius 2 is 1.78 bits per heavy atom. The zero-order chi connectivity index (χ0) is 26.3. The van der Waals surface area contributed by atoms with Crippen molar-refractivity contribution in [3.8, 4) is 0 Å². The molecule has 11 heteroatoms. The number of piperidine rings is 1. The number of piperazine rings is 1. The molecule has 2 aromatic rings. The molecule has 2 aliphatic heterocycles. The lowest BCUT2D eigenvalue weighted by atomic mass is 9.92. The van der Waals surface area contributed by atoms with Gasteiger partial charge in [-0.1, -0.05) is 11.6 Å². The van der Waals surface area contributed by atoms with E-state index < -0.39 is 18.1 Å². The van der Waals surface area contributed by atoms with Crippen LogP contribution in [-0.4, -0.2) is 88.0 Å². The Morgan fingerprint density at radius 1 is 1.08 bits per heavy atom. The number of aliphatic hydroxyl groups is 1. The summed E-state index contributed by atoms with van der Waals surface area (Å²) in [4.78, 5) is 31.9. The third-order valence-electron chi connectivity index (χ3n) is 8.01. The molecule has 3 heterocycles. The van der Waals surface area contributed by atoms with Crippen LogP contribution in [0.3, 0.4) is 0 Å². The summed E-state index contributed by atoms with van der Waals surface area (Å²) in [5.41, 5.74) is 2.42. The Hall–Kier alpha value is -2.72. The maximum atomic E-state index is 13.7. The molecule has 1 aromatic carbocycles. The van der Waals surface area contributed by atoms with Gasteiger partial charge in [0.05, 0.1) is 10.6 Å². The maximum Gasteiger partial charge on any atom is 0.274 e. The summed E-state index contributed by atoms with van der Waals surface area (Å²) in [5.74, 6) is -0.717. The third-order valence-corrected chi connectivity index (χ3v) is 8.47. The molecule has 1 aromatic heterocycles. The molecule has 2 saturated heterocycles. The smallest absolute Gasteiger partial charge is 0.274 e. The number of aromatic nitrogens is 2. The number of rotatable bonds is 5. The number of fused-ring (bicyclic) bond motifs is 1. The highest BCUT2D eigenvalue weighted by Crippen LogP contribution is 2.31. The maximum absolute atomic E-state index is 13.7. The SMILES string of the molecule is Cc1c(N2CCN(C(=O)Cn3nc(C(=O)N4CCC(O)(CF)CC4)c4c3CCC4)CC2)ccc(F)c1Cl. The van der Waals surface area contributed by atoms with Crippen molar-refractivity contribution < 1.29 is 23.5 Å². The number of halogens is 3. The Balaban J connectivity index is 1.23. The number of likely N-dealkylation sites (tertiary alicyclic amines) is 1. The molecular formula is C26H32ClF2N5O3. The first kappa shape index (κ1) is 25.9. The molecule has 5 rings (SSSR count). The molecule has 0 atom stereocenters. The predicted octanol–water partition coefficient (Wildman–Crippen LogP) is 2.76. The average molecular weight is 536 g/mol. The summed E-state index contributed by atoms with van der Waals surface area (Å²) in [5, 5.41) is 14.8. The van der Waals surface area contributed by atoms with E-state index in [0.29, 0.717) is 37.4 Å². The zero-order valence-electron chi connectivity index (χ0n) is 21.0. The molecule has 0 saturated carbocycles. The predicted molar refractivity (Wildman–Crippen MR) is 135 cm³/mol. The van der Waals surface area contributed by atoms with Gasteiger partial charge in [0.15, 0.2) is 5.69 Å². The Morgan fingerprint density at radius 3 is 2.46 bits per heavy atom. The summed E-state index contributed by atoms with van der Waals surface area (Å²) >= 11 is 6.08. The van der Waals surface area contributed by atoms with Crippen molar-refractivity contribution in [3.63, 3.8) is 0 Å². The van der Waals surface area contributed by atoms with Crippen molar-refractivity contribution in [2.45, 2.75) is 51.2 Å². The number of hydrogen-bond acceptors (Lipinski definition) is 5. The quantitative estimate of drug-likeness (QED) is 0.637. The first-order valence-electron chi connectivity index (χ1n) is 12.8. The summed E-state index contributed by atoms with van der Waals surface area (Å²) in [7, 11) is 0. The number of amides is 2. The van der Waals surface area contributed by atoms with E-state index in [1.54, 1.807) is 27.5 Å². The van der Waals surface area contributed by atoms with Gasteiger partial charge in [-0.05, 0) is 56.7 Å². The van der Waals surface area contributed by atoms with Crippen molar-refractivity contribution in [1.29, 1.82) is 0 Å². The minimum atomic E-state index is -1.35. The Labute approximate surface area is 219 Å². The van der Waals surface area contributed by atoms with Crippen molar-refractivity contribution in [2.24, 2.45) is 0 Å². The molecule has 2 fully saturated rings. The molecule has 0 bridgehead atoms. The number of alkyl halides is 1. The Kier molecular flexibility index (Phi) is 7.15. The summed E-state index contributed by atoms with van der Waals surface area (Å²) < 4.78 is 28.5. The highest BCUT2D eigenvalue weighted by atomic mass is 35.5. The van der Waals surface area contributed by atoms with Gasteiger partial charge in [0.25, 0.3) is 5.91 Å². The molecule has 3 aliphatic rings. The fourth-order valence-corrected chi connectivity index (χ4v) is 5.79. The van der Waals surface area contributed by atoms with E-state index in [1.165, 1.54) is 6.07 Å². The number of nitrogens with zero attached hydrogens (tertiary/aromatic N) is 5. The zero-order valence-corrected chi connectivity index (χ0v) is 21.7. The number of benzene rings is 1. The second-order valence-corrected chi connectivity index (χ2v) is 10.7. The molecule has 1 N–H and O–H groups in total. The normalized spacial score (nSPS) is 19.3. The molecule has 0 unspecified atom stereocenters. The molecule has 0 radical (unpaired) electrons. The van der Waals surface area contributed by atoms with Crippen LogP contribution in [0, 0.1) is 12.7 Å². The van der Waals surface area contributed by atoms with E-state index in [2.05, 4.69) is 10.00 Å². The monoisotopic (exact) mass is 535 g/mol. The first-order chi connectivity index (χ1) is 17.7. The van der Waals surface area contributed by atoms with Gasteiger partial charge in [-0.3, -0.25) is 14.3 Å². The van der Waals surface area contributed by atoms with E-state index in [-0.39, 0.29) is 49.3 Å². The number of carbonyl (C=O) groups is 2. The fraction of sp³-hybridized carbons (Fsp3) is 0.577. The molecule has 200 valence electrons. The van der Waals surface area contributed by atoms with Crippen LogP contribution in [-0.2, 0) is 24.2 Å². The minimum Gasteiger partial charge on any atom is -0.387 e.